The molecular weight excluding hydrogens is 299 g/mol. The van der Waals surface area contributed by atoms with Gasteiger partial charge in [-0.05, 0) is 38.7 Å². The number of fused-ring (bicyclic) bond motifs is 1. The molecule has 0 bridgehead atoms. The Hall–Kier alpha value is -1.82. The highest BCUT2D eigenvalue weighted by Crippen LogP contribution is 2.32. The van der Waals surface area contributed by atoms with Gasteiger partial charge >= 0.3 is 6.03 Å². The van der Waals surface area contributed by atoms with E-state index in [1.165, 1.54) is 12.1 Å². The van der Waals surface area contributed by atoms with Crippen molar-refractivity contribution in [3.05, 3.63) is 29.6 Å². The molecule has 1 aliphatic heterocycles. The van der Waals surface area contributed by atoms with Crippen molar-refractivity contribution in [1.82, 2.24) is 10.6 Å². The van der Waals surface area contributed by atoms with Crippen LogP contribution in [0.15, 0.2) is 18.2 Å². The largest absolute Gasteiger partial charge is 0.493 e. The molecule has 2 unspecified atom stereocenters. The highest BCUT2D eigenvalue weighted by atomic mass is 19.1. The number of aliphatic hydroxyl groups excluding tert-OH is 1. The van der Waals surface area contributed by atoms with Gasteiger partial charge in [0.25, 0.3) is 0 Å². The summed E-state index contributed by atoms with van der Waals surface area (Å²) in [7, 11) is 0. The minimum absolute atomic E-state index is 0.0179. The van der Waals surface area contributed by atoms with Crippen molar-refractivity contribution in [1.29, 1.82) is 0 Å². The Morgan fingerprint density at radius 2 is 2.30 bits per heavy atom. The second-order valence-corrected chi connectivity index (χ2v) is 6.21. The maximum atomic E-state index is 13.4. The van der Waals surface area contributed by atoms with Crippen LogP contribution in [-0.4, -0.2) is 29.9 Å². The number of urea groups is 1. The van der Waals surface area contributed by atoms with Crippen molar-refractivity contribution in [3.63, 3.8) is 0 Å². The summed E-state index contributed by atoms with van der Waals surface area (Å²) in [5.74, 6) is 0.136. The first-order valence-corrected chi connectivity index (χ1v) is 8.09. The zero-order chi connectivity index (χ0) is 16.9. The van der Waals surface area contributed by atoms with Crippen molar-refractivity contribution >= 4 is 6.03 Å². The van der Waals surface area contributed by atoms with E-state index in [-0.39, 0.29) is 24.5 Å². The van der Waals surface area contributed by atoms with E-state index >= 15 is 0 Å². The molecule has 2 atom stereocenters. The predicted octanol–water partition coefficient (Wildman–Crippen LogP) is 2.89. The lowest BCUT2D eigenvalue weighted by molar-refractivity contribution is 0.198. The summed E-state index contributed by atoms with van der Waals surface area (Å²) in [6.07, 6.45) is 2.72. The summed E-state index contributed by atoms with van der Waals surface area (Å²) in [6, 6.07) is 3.89. The summed E-state index contributed by atoms with van der Waals surface area (Å²) in [5.41, 5.74) is 0.338. The minimum atomic E-state index is -0.453. The molecule has 1 aliphatic rings. The monoisotopic (exact) mass is 324 g/mol. The van der Waals surface area contributed by atoms with Crippen LogP contribution in [0.2, 0.25) is 0 Å². The molecule has 6 heteroatoms. The number of aliphatic hydroxyl groups is 1. The van der Waals surface area contributed by atoms with Gasteiger partial charge < -0.3 is 20.5 Å². The van der Waals surface area contributed by atoms with Crippen molar-refractivity contribution in [2.75, 3.05) is 13.2 Å². The van der Waals surface area contributed by atoms with E-state index in [2.05, 4.69) is 10.6 Å². The summed E-state index contributed by atoms with van der Waals surface area (Å²) in [5, 5.41) is 15.0. The molecule has 0 aromatic heterocycles. The van der Waals surface area contributed by atoms with Crippen molar-refractivity contribution in [3.8, 4) is 5.75 Å². The van der Waals surface area contributed by atoms with Crippen LogP contribution >= 0.6 is 0 Å². The van der Waals surface area contributed by atoms with E-state index in [0.717, 1.165) is 24.8 Å². The Morgan fingerprint density at radius 3 is 3.00 bits per heavy atom. The summed E-state index contributed by atoms with van der Waals surface area (Å²) in [4.78, 5) is 12.3. The predicted molar refractivity (Wildman–Crippen MR) is 85.9 cm³/mol. The molecule has 23 heavy (non-hydrogen) atoms. The van der Waals surface area contributed by atoms with Crippen molar-refractivity contribution < 1.29 is 19.0 Å². The maximum absolute atomic E-state index is 13.4. The third-order valence-electron chi connectivity index (χ3n) is 4.41. The molecule has 0 aliphatic carbocycles. The molecule has 0 spiro atoms. The SMILES string of the molecule is CCC(C)(CCO)NC(=O)NC1CCCOc2cc(F)ccc21. The van der Waals surface area contributed by atoms with Crippen LogP contribution in [0, 0.1) is 5.82 Å². The number of benzene rings is 1. The van der Waals surface area contributed by atoms with Gasteiger partial charge in [-0.3, -0.25) is 0 Å². The summed E-state index contributed by atoms with van der Waals surface area (Å²) < 4.78 is 18.9. The summed E-state index contributed by atoms with van der Waals surface area (Å²) in [6.45, 7) is 4.40. The lowest BCUT2D eigenvalue weighted by Crippen LogP contribution is -2.51. The number of rotatable bonds is 5. The third-order valence-corrected chi connectivity index (χ3v) is 4.41. The first-order chi connectivity index (χ1) is 11.0. The highest BCUT2D eigenvalue weighted by molar-refractivity contribution is 5.75. The van der Waals surface area contributed by atoms with Gasteiger partial charge in [-0.1, -0.05) is 13.0 Å². The van der Waals surface area contributed by atoms with E-state index < -0.39 is 5.54 Å². The molecule has 5 nitrogen and oxygen atoms in total. The van der Waals surface area contributed by atoms with Crippen molar-refractivity contribution in [2.45, 2.75) is 51.1 Å². The zero-order valence-corrected chi connectivity index (χ0v) is 13.7. The lowest BCUT2D eigenvalue weighted by Gasteiger charge is -2.30. The molecular formula is C17H25FN2O3. The lowest BCUT2D eigenvalue weighted by atomic mass is 9.95. The first-order valence-electron chi connectivity index (χ1n) is 8.09. The number of carbonyl (C=O) groups is 1. The fourth-order valence-corrected chi connectivity index (χ4v) is 2.74. The highest BCUT2D eigenvalue weighted by Gasteiger charge is 2.27. The molecule has 0 fully saturated rings. The first kappa shape index (κ1) is 17.5. The van der Waals surface area contributed by atoms with Crippen LogP contribution in [0.25, 0.3) is 0 Å². The molecule has 2 rings (SSSR count). The number of nitrogens with one attached hydrogen (secondary N) is 2. The number of hydrogen-bond donors (Lipinski definition) is 3. The zero-order valence-electron chi connectivity index (χ0n) is 13.7. The van der Waals surface area contributed by atoms with Crippen LogP contribution in [0.1, 0.15) is 51.1 Å². The molecule has 1 heterocycles. The Bertz CT molecular complexity index is 553. The van der Waals surface area contributed by atoms with E-state index in [1.807, 2.05) is 13.8 Å². The molecule has 0 saturated carbocycles. The number of amides is 2. The van der Waals surface area contributed by atoms with E-state index in [0.29, 0.717) is 18.8 Å². The second-order valence-electron chi connectivity index (χ2n) is 6.21. The Labute approximate surface area is 136 Å². The Kier molecular flexibility index (Phi) is 5.82. The molecule has 0 saturated heterocycles. The summed E-state index contributed by atoms with van der Waals surface area (Å²) >= 11 is 0. The Morgan fingerprint density at radius 1 is 1.52 bits per heavy atom. The van der Waals surface area contributed by atoms with Gasteiger partial charge in [0.15, 0.2) is 0 Å². The van der Waals surface area contributed by atoms with Crippen LogP contribution < -0.4 is 15.4 Å². The number of ether oxygens (including phenoxy) is 1. The van der Waals surface area contributed by atoms with Crippen LogP contribution in [0.4, 0.5) is 9.18 Å². The Balaban J connectivity index is 2.09. The van der Waals surface area contributed by atoms with E-state index in [4.69, 9.17) is 9.84 Å². The van der Waals surface area contributed by atoms with Gasteiger partial charge in [-0.15, -0.1) is 0 Å². The van der Waals surface area contributed by atoms with Gasteiger partial charge in [-0.25, -0.2) is 9.18 Å². The van der Waals surface area contributed by atoms with Gasteiger partial charge in [0.1, 0.15) is 11.6 Å². The topological polar surface area (TPSA) is 70.6 Å². The van der Waals surface area contributed by atoms with Crippen LogP contribution in [0.3, 0.4) is 0 Å². The van der Waals surface area contributed by atoms with E-state index in [9.17, 15) is 9.18 Å². The quantitative estimate of drug-likeness (QED) is 0.780. The second kappa shape index (κ2) is 7.64. The van der Waals surface area contributed by atoms with Gasteiger partial charge in [0, 0.05) is 23.8 Å². The average molecular weight is 324 g/mol. The van der Waals surface area contributed by atoms with Crippen molar-refractivity contribution in [2.24, 2.45) is 0 Å². The average Bonchev–Trinajstić information content (AvgIpc) is 2.69. The van der Waals surface area contributed by atoms with E-state index in [1.54, 1.807) is 6.07 Å². The van der Waals surface area contributed by atoms with Crippen LogP contribution in [-0.2, 0) is 0 Å². The standard InChI is InChI=1S/C17H25FN2O3/c1-3-17(2,8-9-21)20-16(22)19-14-5-4-10-23-15-11-12(18)6-7-13(14)15/h6-7,11,14,21H,3-5,8-10H2,1-2H3,(H2,19,20,22). The molecule has 3 N–H and O–H groups in total. The van der Waals surface area contributed by atoms with Gasteiger partial charge in [0.05, 0.1) is 12.6 Å². The minimum Gasteiger partial charge on any atom is -0.493 e. The number of halogens is 1. The van der Waals surface area contributed by atoms with Gasteiger partial charge in [0.2, 0.25) is 0 Å². The smallest absolute Gasteiger partial charge is 0.315 e. The molecule has 1 aromatic carbocycles. The maximum Gasteiger partial charge on any atom is 0.315 e. The number of hydrogen-bond acceptors (Lipinski definition) is 3. The molecule has 0 radical (unpaired) electrons. The fraction of sp³-hybridized carbons (Fsp3) is 0.588. The fourth-order valence-electron chi connectivity index (χ4n) is 2.74. The molecule has 1 aromatic rings. The van der Waals surface area contributed by atoms with Crippen LogP contribution in [0.5, 0.6) is 5.75 Å². The molecule has 2 amide bonds. The normalized spacial score (nSPS) is 19.7. The van der Waals surface area contributed by atoms with Gasteiger partial charge in [-0.2, -0.15) is 0 Å². The number of carbonyl (C=O) groups excluding carboxylic acids is 1. The molecule has 128 valence electrons. The third kappa shape index (κ3) is 4.58.